The third kappa shape index (κ3) is 1.70. The van der Waals surface area contributed by atoms with Crippen molar-refractivity contribution in [3.63, 3.8) is 0 Å². The summed E-state index contributed by atoms with van der Waals surface area (Å²) < 4.78 is 0. The molecule has 90 valence electrons. The van der Waals surface area contributed by atoms with Crippen molar-refractivity contribution in [2.24, 2.45) is 17.3 Å². The average Bonchev–Trinajstić information content (AvgIpc) is 2.95. The second-order valence-corrected chi connectivity index (χ2v) is 7.06. The number of nitrogens with zero attached hydrogens (tertiary/aromatic N) is 2. The standard InChI is InChI=1S/C14H18N2S/c1-9-10(2)17-13(16-9)7-14(8-15)6-11-3-4-12(14)5-11/h11-12H,3-7H2,1-2H3. The molecule has 0 radical (unpaired) electrons. The van der Waals surface area contributed by atoms with E-state index in [0.717, 1.165) is 24.5 Å². The lowest BCUT2D eigenvalue weighted by Crippen LogP contribution is -2.28. The van der Waals surface area contributed by atoms with E-state index in [1.165, 1.54) is 29.1 Å². The number of hydrogen-bond donors (Lipinski definition) is 0. The Morgan fingerprint density at radius 3 is 2.76 bits per heavy atom. The van der Waals surface area contributed by atoms with Gasteiger partial charge in [0.2, 0.25) is 0 Å². The van der Waals surface area contributed by atoms with E-state index in [1.54, 1.807) is 11.3 Å². The van der Waals surface area contributed by atoms with Gasteiger partial charge >= 0.3 is 0 Å². The normalized spacial score (nSPS) is 35.1. The second kappa shape index (κ2) is 3.81. The van der Waals surface area contributed by atoms with Gasteiger partial charge in [0.15, 0.2) is 0 Å². The summed E-state index contributed by atoms with van der Waals surface area (Å²) in [5.41, 5.74) is 1.06. The fourth-order valence-electron chi connectivity index (χ4n) is 3.72. The van der Waals surface area contributed by atoms with E-state index >= 15 is 0 Å². The largest absolute Gasteiger partial charge is 0.246 e. The maximum Gasteiger partial charge on any atom is 0.0946 e. The molecular formula is C14H18N2S. The maximum atomic E-state index is 9.60. The number of aromatic nitrogens is 1. The highest BCUT2D eigenvalue weighted by molar-refractivity contribution is 7.11. The van der Waals surface area contributed by atoms with Gasteiger partial charge < -0.3 is 0 Å². The minimum absolute atomic E-state index is 0.0837. The van der Waals surface area contributed by atoms with Crippen LogP contribution in [0.4, 0.5) is 0 Å². The summed E-state index contributed by atoms with van der Waals surface area (Å²) in [5.74, 6) is 1.46. The van der Waals surface area contributed by atoms with E-state index in [-0.39, 0.29) is 5.41 Å². The van der Waals surface area contributed by atoms with Crippen LogP contribution in [0.5, 0.6) is 0 Å². The smallest absolute Gasteiger partial charge is 0.0946 e. The molecular weight excluding hydrogens is 228 g/mol. The Morgan fingerprint density at radius 1 is 1.47 bits per heavy atom. The highest BCUT2D eigenvalue weighted by Crippen LogP contribution is 2.57. The van der Waals surface area contributed by atoms with Gasteiger partial charge in [0.05, 0.1) is 22.2 Å². The van der Waals surface area contributed by atoms with Crippen LogP contribution in [0.3, 0.4) is 0 Å². The van der Waals surface area contributed by atoms with E-state index < -0.39 is 0 Å². The van der Waals surface area contributed by atoms with E-state index in [2.05, 4.69) is 24.9 Å². The predicted octanol–water partition coefficient (Wildman–Crippen LogP) is 3.63. The van der Waals surface area contributed by atoms with Crippen LogP contribution in [0.15, 0.2) is 0 Å². The molecule has 1 aromatic heterocycles. The van der Waals surface area contributed by atoms with Crippen molar-refractivity contribution >= 4 is 11.3 Å². The maximum absolute atomic E-state index is 9.60. The highest BCUT2D eigenvalue weighted by atomic mass is 32.1. The van der Waals surface area contributed by atoms with E-state index in [9.17, 15) is 5.26 Å². The Morgan fingerprint density at radius 2 is 2.29 bits per heavy atom. The summed E-state index contributed by atoms with van der Waals surface area (Å²) in [6, 6.07) is 2.65. The molecule has 1 heterocycles. The second-order valence-electron chi connectivity index (χ2n) is 5.77. The molecule has 2 aliphatic rings. The number of thiazole rings is 1. The molecule has 0 saturated heterocycles. The van der Waals surface area contributed by atoms with E-state index in [0.29, 0.717) is 5.92 Å². The Balaban J connectivity index is 1.86. The fraction of sp³-hybridized carbons (Fsp3) is 0.714. The van der Waals surface area contributed by atoms with Crippen LogP contribution < -0.4 is 0 Å². The molecule has 2 saturated carbocycles. The molecule has 0 spiro atoms. The van der Waals surface area contributed by atoms with Crippen molar-refractivity contribution < 1.29 is 0 Å². The molecule has 2 nitrogen and oxygen atoms in total. The number of aryl methyl sites for hydroxylation is 2. The molecule has 0 N–H and O–H groups in total. The molecule has 3 heteroatoms. The third-order valence-electron chi connectivity index (χ3n) is 4.74. The van der Waals surface area contributed by atoms with Crippen LogP contribution in [0, 0.1) is 42.4 Å². The molecule has 2 bridgehead atoms. The quantitative estimate of drug-likeness (QED) is 0.799. The van der Waals surface area contributed by atoms with Crippen molar-refractivity contribution in [1.82, 2.24) is 4.98 Å². The van der Waals surface area contributed by atoms with Crippen LogP contribution in [0.2, 0.25) is 0 Å². The zero-order valence-corrected chi connectivity index (χ0v) is 11.3. The summed E-state index contributed by atoms with van der Waals surface area (Å²) >= 11 is 1.78. The predicted molar refractivity (Wildman–Crippen MR) is 68.8 cm³/mol. The topological polar surface area (TPSA) is 36.7 Å². The van der Waals surface area contributed by atoms with Gasteiger partial charge in [-0.05, 0) is 44.9 Å². The Hall–Kier alpha value is -0.880. The SMILES string of the molecule is Cc1nc(CC2(C#N)CC3CCC2C3)sc1C. The average molecular weight is 246 g/mol. The molecule has 17 heavy (non-hydrogen) atoms. The molecule has 0 amide bonds. The highest BCUT2D eigenvalue weighted by Gasteiger charge is 2.51. The van der Waals surface area contributed by atoms with Crippen molar-refractivity contribution in [1.29, 1.82) is 5.26 Å². The zero-order chi connectivity index (χ0) is 12.0. The van der Waals surface area contributed by atoms with Crippen molar-refractivity contribution in [2.45, 2.75) is 46.0 Å². The van der Waals surface area contributed by atoms with Gasteiger partial charge in [0.1, 0.15) is 0 Å². The van der Waals surface area contributed by atoms with Crippen molar-refractivity contribution in [3.05, 3.63) is 15.6 Å². The van der Waals surface area contributed by atoms with Gasteiger partial charge in [0.25, 0.3) is 0 Å². The lowest BCUT2D eigenvalue weighted by Gasteiger charge is -2.30. The molecule has 3 unspecified atom stereocenters. The lowest BCUT2D eigenvalue weighted by molar-refractivity contribution is 0.239. The van der Waals surface area contributed by atoms with Crippen molar-refractivity contribution in [2.75, 3.05) is 0 Å². The summed E-state index contributed by atoms with van der Waals surface area (Å²) in [6.45, 7) is 4.19. The minimum atomic E-state index is -0.0837. The van der Waals surface area contributed by atoms with Crippen LogP contribution in [-0.4, -0.2) is 4.98 Å². The van der Waals surface area contributed by atoms with Crippen LogP contribution in [0.1, 0.15) is 41.3 Å². The molecule has 3 rings (SSSR count). The van der Waals surface area contributed by atoms with Gasteiger partial charge in [0, 0.05) is 11.3 Å². The fourth-order valence-corrected chi connectivity index (χ4v) is 4.78. The first-order valence-corrected chi connectivity index (χ1v) is 7.29. The number of fused-ring (bicyclic) bond motifs is 2. The van der Waals surface area contributed by atoms with Crippen molar-refractivity contribution in [3.8, 4) is 6.07 Å². The van der Waals surface area contributed by atoms with Gasteiger partial charge in [-0.2, -0.15) is 5.26 Å². The first-order chi connectivity index (χ1) is 8.13. The number of nitriles is 1. The van der Waals surface area contributed by atoms with Gasteiger partial charge in [-0.3, -0.25) is 0 Å². The Kier molecular flexibility index (Phi) is 2.52. The van der Waals surface area contributed by atoms with Gasteiger partial charge in [-0.1, -0.05) is 6.42 Å². The Bertz CT molecular complexity index is 465. The van der Waals surface area contributed by atoms with E-state index in [4.69, 9.17) is 0 Å². The first-order valence-electron chi connectivity index (χ1n) is 6.47. The van der Waals surface area contributed by atoms with Crippen LogP contribution >= 0.6 is 11.3 Å². The molecule has 2 fully saturated rings. The van der Waals surface area contributed by atoms with Gasteiger partial charge in [-0.15, -0.1) is 11.3 Å². The summed E-state index contributed by atoms with van der Waals surface area (Å²) in [4.78, 5) is 5.92. The lowest BCUT2D eigenvalue weighted by atomic mass is 9.72. The van der Waals surface area contributed by atoms with Crippen LogP contribution in [-0.2, 0) is 6.42 Å². The molecule has 2 aliphatic carbocycles. The number of hydrogen-bond acceptors (Lipinski definition) is 3. The summed E-state index contributed by atoms with van der Waals surface area (Å²) in [6.07, 6.45) is 5.92. The third-order valence-corrected chi connectivity index (χ3v) is 5.81. The monoisotopic (exact) mass is 246 g/mol. The first kappa shape index (κ1) is 11.2. The Labute approximate surface area is 107 Å². The zero-order valence-electron chi connectivity index (χ0n) is 10.5. The molecule has 0 aliphatic heterocycles. The molecule has 0 aromatic carbocycles. The van der Waals surface area contributed by atoms with E-state index in [1.807, 2.05) is 0 Å². The summed E-state index contributed by atoms with van der Waals surface area (Å²) in [5, 5.41) is 10.8. The van der Waals surface area contributed by atoms with Gasteiger partial charge in [-0.25, -0.2) is 4.98 Å². The minimum Gasteiger partial charge on any atom is -0.246 e. The van der Waals surface area contributed by atoms with Crippen LogP contribution in [0.25, 0.3) is 0 Å². The molecule has 3 atom stereocenters. The molecule has 1 aromatic rings. The number of rotatable bonds is 2. The summed E-state index contributed by atoms with van der Waals surface area (Å²) in [7, 11) is 0.